The molecule has 2 aromatic carbocycles. The Hall–Kier alpha value is -1.56. The largest absolute Gasteiger partial charge is 0.380 e. The molecule has 0 heterocycles. The van der Waals surface area contributed by atoms with E-state index >= 15 is 0 Å². The Bertz CT molecular complexity index is 634. The van der Waals surface area contributed by atoms with E-state index in [1.54, 1.807) is 31.4 Å². The summed E-state index contributed by atoms with van der Waals surface area (Å²) in [6.45, 7) is 0.406. The van der Waals surface area contributed by atoms with Crippen LogP contribution in [0, 0.1) is 10.1 Å². The van der Waals surface area contributed by atoms with E-state index in [1.165, 1.54) is 17.8 Å². The van der Waals surface area contributed by atoms with Gasteiger partial charge in [0.2, 0.25) is 0 Å². The number of rotatable bonds is 5. The average molecular weight is 310 g/mol. The molecule has 104 valence electrons. The SMILES string of the molecule is COCc1cc(Cl)ccc1Sc1ccccc1[N+](=O)[O-]. The molecule has 6 heteroatoms. The van der Waals surface area contributed by atoms with E-state index in [1.807, 2.05) is 12.1 Å². The van der Waals surface area contributed by atoms with Gasteiger partial charge in [0.25, 0.3) is 5.69 Å². The molecule has 0 radical (unpaired) electrons. The topological polar surface area (TPSA) is 52.4 Å². The Morgan fingerprint density at radius 3 is 2.70 bits per heavy atom. The summed E-state index contributed by atoms with van der Waals surface area (Å²) in [4.78, 5) is 12.1. The lowest BCUT2D eigenvalue weighted by Gasteiger charge is -2.09. The molecular formula is C14H12ClNO3S. The van der Waals surface area contributed by atoms with Gasteiger partial charge in [-0.05, 0) is 29.8 Å². The van der Waals surface area contributed by atoms with Crippen LogP contribution in [-0.4, -0.2) is 12.0 Å². The molecule has 4 nitrogen and oxygen atoms in total. The molecule has 2 rings (SSSR count). The average Bonchev–Trinajstić information content (AvgIpc) is 2.42. The summed E-state index contributed by atoms with van der Waals surface area (Å²) in [5.41, 5.74) is 0.999. The molecule has 2 aromatic rings. The monoisotopic (exact) mass is 309 g/mol. The number of para-hydroxylation sites is 1. The van der Waals surface area contributed by atoms with Crippen molar-refractivity contribution in [2.75, 3.05) is 7.11 Å². The van der Waals surface area contributed by atoms with Gasteiger partial charge >= 0.3 is 0 Å². The minimum atomic E-state index is -0.381. The van der Waals surface area contributed by atoms with Crippen LogP contribution >= 0.6 is 23.4 Å². The summed E-state index contributed by atoms with van der Waals surface area (Å²) in [6, 6.07) is 12.1. The Kier molecular flexibility index (Phi) is 5.00. The number of nitrogens with zero attached hydrogens (tertiary/aromatic N) is 1. The fourth-order valence-corrected chi connectivity index (χ4v) is 2.94. The maximum absolute atomic E-state index is 11.0. The zero-order chi connectivity index (χ0) is 14.5. The molecule has 0 atom stereocenters. The molecule has 0 saturated carbocycles. The molecule has 0 amide bonds. The smallest absolute Gasteiger partial charge is 0.283 e. The highest BCUT2D eigenvalue weighted by molar-refractivity contribution is 7.99. The minimum Gasteiger partial charge on any atom is -0.380 e. The van der Waals surface area contributed by atoms with E-state index in [-0.39, 0.29) is 10.6 Å². The van der Waals surface area contributed by atoms with Gasteiger partial charge in [0.05, 0.1) is 16.4 Å². The predicted octanol–water partition coefficient (Wildman–Crippen LogP) is 4.55. The molecule has 0 saturated heterocycles. The van der Waals surface area contributed by atoms with Crippen molar-refractivity contribution < 1.29 is 9.66 Å². The first-order chi connectivity index (χ1) is 9.61. The van der Waals surface area contributed by atoms with Crippen LogP contribution in [0.1, 0.15) is 5.56 Å². The third-order valence-electron chi connectivity index (χ3n) is 2.60. The van der Waals surface area contributed by atoms with Crippen LogP contribution in [0.3, 0.4) is 0 Å². The van der Waals surface area contributed by atoms with Gasteiger partial charge in [-0.3, -0.25) is 10.1 Å². The van der Waals surface area contributed by atoms with E-state index in [0.717, 1.165) is 10.5 Å². The molecule has 0 spiro atoms. The first kappa shape index (κ1) is 14.8. The molecule has 20 heavy (non-hydrogen) atoms. The summed E-state index contributed by atoms with van der Waals surface area (Å²) in [7, 11) is 1.60. The van der Waals surface area contributed by atoms with E-state index in [0.29, 0.717) is 16.5 Å². The summed E-state index contributed by atoms with van der Waals surface area (Å²) in [5, 5.41) is 11.6. The molecule has 0 bridgehead atoms. The zero-order valence-corrected chi connectivity index (χ0v) is 12.3. The van der Waals surface area contributed by atoms with Crippen LogP contribution in [0.25, 0.3) is 0 Å². The summed E-state index contributed by atoms with van der Waals surface area (Å²) < 4.78 is 5.13. The van der Waals surface area contributed by atoms with Crippen molar-refractivity contribution in [1.29, 1.82) is 0 Å². The lowest BCUT2D eigenvalue weighted by molar-refractivity contribution is -0.387. The van der Waals surface area contributed by atoms with Crippen molar-refractivity contribution in [3.05, 3.63) is 63.2 Å². The lowest BCUT2D eigenvalue weighted by Crippen LogP contribution is -1.93. The molecule has 0 N–H and O–H groups in total. The van der Waals surface area contributed by atoms with Crippen LogP contribution in [0.4, 0.5) is 5.69 Å². The number of hydrogen-bond acceptors (Lipinski definition) is 4. The van der Waals surface area contributed by atoms with E-state index in [4.69, 9.17) is 16.3 Å². The molecule has 0 aromatic heterocycles. The molecule has 0 unspecified atom stereocenters. The number of nitro benzene ring substituents is 1. The maximum Gasteiger partial charge on any atom is 0.283 e. The Labute approximate surface area is 125 Å². The number of benzene rings is 2. The van der Waals surface area contributed by atoms with Gasteiger partial charge < -0.3 is 4.74 Å². The van der Waals surface area contributed by atoms with Crippen molar-refractivity contribution >= 4 is 29.1 Å². The van der Waals surface area contributed by atoms with Gasteiger partial charge in [0.1, 0.15) is 0 Å². The Morgan fingerprint density at radius 2 is 2.00 bits per heavy atom. The van der Waals surface area contributed by atoms with Crippen LogP contribution < -0.4 is 0 Å². The summed E-state index contributed by atoms with van der Waals surface area (Å²) >= 11 is 7.30. The van der Waals surface area contributed by atoms with Gasteiger partial charge in [-0.15, -0.1) is 0 Å². The number of ether oxygens (including phenoxy) is 1. The molecular weight excluding hydrogens is 298 g/mol. The number of methoxy groups -OCH3 is 1. The fraction of sp³-hybridized carbons (Fsp3) is 0.143. The van der Waals surface area contributed by atoms with Crippen molar-refractivity contribution in [2.45, 2.75) is 16.4 Å². The summed E-state index contributed by atoms with van der Waals surface area (Å²) in [6.07, 6.45) is 0. The lowest BCUT2D eigenvalue weighted by atomic mass is 10.2. The summed E-state index contributed by atoms with van der Waals surface area (Å²) in [5.74, 6) is 0. The van der Waals surface area contributed by atoms with Crippen molar-refractivity contribution in [3.63, 3.8) is 0 Å². The van der Waals surface area contributed by atoms with E-state index < -0.39 is 0 Å². The van der Waals surface area contributed by atoms with Gasteiger partial charge in [-0.25, -0.2) is 0 Å². The minimum absolute atomic E-state index is 0.0933. The van der Waals surface area contributed by atoms with Gasteiger partial charge in [-0.1, -0.05) is 35.5 Å². The highest BCUT2D eigenvalue weighted by atomic mass is 35.5. The second kappa shape index (κ2) is 6.74. The second-order valence-electron chi connectivity index (χ2n) is 4.01. The fourth-order valence-electron chi connectivity index (χ4n) is 1.73. The zero-order valence-electron chi connectivity index (χ0n) is 10.7. The van der Waals surface area contributed by atoms with Crippen LogP contribution in [0.2, 0.25) is 5.02 Å². The van der Waals surface area contributed by atoms with E-state index in [2.05, 4.69) is 0 Å². The van der Waals surface area contributed by atoms with Crippen molar-refractivity contribution in [2.24, 2.45) is 0 Å². The van der Waals surface area contributed by atoms with Gasteiger partial charge in [0.15, 0.2) is 0 Å². The first-order valence-corrected chi connectivity index (χ1v) is 7.00. The number of hydrogen-bond donors (Lipinski definition) is 0. The molecule has 0 aliphatic heterocycles. The molecule has 0 aliphatic rings. The van der Waals surface area contributed by atoms with Gasteiger partial charge in [-0.2, -0.15) is 0 Å². The van der Waals surface area contributed by atoms with Crippen LogP contribution in [0.15, 0.2) is 52.3 Å². The second-order valence-corrected chi connectivity index (χ2v) is 5.53. The van der Waals surface area contributed by atoms with Crippen LogP contribution in [0.5, 0.6) is 0 Å². The Morgan fingerprint density at radius 1 is 1.25 bits per heavy atom. The molecule has 0 aliphatic carbocycles. The van der Waals surface area contributed by atoms with Gasteiger partial charge in [0, 0.05) is 23.1 Å². The third-order valence-corrected chi connectivity index (χ3v) is 4.02. The standard InChI is InChI=1S/C14H12ClNO3S/c1-19-9-10-8-11(15)6-7-13(10)20-14-5-3-2-4-12(14)16(17)18/h2-8H,9H2,1H3. The van der Waals surface area contributed by atoms with Crippen molar-refractivity contribution in [3.8, 4) is 0 Å². The maximum atomic E-state index is 11.0. The highest BCUT2D eigenvalue weighted by Gasteiger charge is 2.15. The van der Waals surface area contributed by atoms with Crippen LogP contribution in [-0.2, 0) is 11.3 Å². The highest BCUT2D eigenvalue weighted by Crippen LogP contribution is 2.37. The normalized spacial score (nSPS) is 10.5. The van der Waals surface area contributed by atoms with E-state index in [9.17, 15) is 10.1 Å². The quantitative estimate of drug-likeness (QED) is 0.601. The van der Waals surface area contributed by atoms with Crippen molar-refractivity contribution in [1.82, 2.24) is 0 Å². The third kappa shape index (κ3) is 3.50. The first-order valence-electron chi connectivity index (χ1n) is 5.80. The number of nitro groups is 1. The predicted molar refractivity (Wildman–Crippen MR) is 79.4 cm³/mol. The Balaban J connectivity index is 2.37. The molecule has 0 fully saturated rings. The number of halogens is 1.